The maximum absolute atomic E-state index is 11.0. The van der Waals surface area contributed by atoms with Gasteiger partial charge in [-0.05, 0) is 0 Å². The lowest BCUT2D eigenvalue weighted by molar-refractivity contribution is 0.0580. The van der Waals surface area contributed by atoms with E-state index in [1.807, 2.05) is 0 Å². The summed E-state index contributed by atoms with van der Waals surface area (Å²) in [5.41, 5.74) is 0. The van der Waals surface area contributed by atoms with Gasteiger partial charge in [-0.15, -0.1) is 6.58 Å². The summed E-state index contributed by atoms with van der Waals surface area (Å²) in [6.07, 6.45) is 2.93. The summed E-state index contributed by atoms with van der Waals surface area (Å²) in [6.45, 7) is 3.97. The second-order valence-electron chi connectivity index (χ2n) is 2.05. The molecular weight excluding hydrogens is 158 g/mol. The second kappa shape index (κ2) is 3.66. The topological polar surface area (TPSA) is 57.0 Å². The Kier molecular flexibility index (Phi) is 2.57. The van der Waals surface area contributed by atoms with Crippen LogP contribution < -0.4 is 0 Å². The second-order valence-corrected chi connectivity index (χ2v) is 2.05. The monoisotopic (exact) mass is 167 g/mol. The average molecular weight is 167 g/mol. The van der Waals surface area contributed by atoms with E-state index in [0.717, 1.165) is 0 Å². The van der Waals surface area contributed by atoms with Crippen LogP contribution in [0.3, 0.4) is 0 Å². The van der Waals surface area contributed by atoms with Crippen molar-refractivity contribution < 1.29 is 9.53 Å². The Morgan fingerprint density at radius 1 is 1.92 bits per heavy atom. The Balaban J connectivity index is 2.90. The molecule has 1 aromatic heterocycles. The van der Waals surface area contributed by atoms with Gasteiger partial charge in [0, 0.05) is 0 Å². The Hall–Kier alpha value is -1.65. The molecule has 0 aromatic carbocycles. The van der Waals surface area contributed by atoms with Crippen LogP contribution in [0.5, 0.6) is 0 Å². The molecule has 0 bridgehead atoms. The SMILES string of the molecule is C=CCn1ncnc1C(=O)OC. The first-order valence-corrected chi connectivity index (χ1v) is 3.36. The molecule has 0 saturated heterocycles. The van der Waals surface area contributed by atoms with E-state index in [2.05, 4.69) is 21.4 Å². The Labute approximate surface area is 69.7 Å². The first-order chi connectivity index (χ1) is 5.79. The van der Waals surface area contributed by atoms with Gasteiger partial charge in [0.05, 0.1) is 13.7 Å². The van der Waals surface area contributed by atoms with Crippen molar-refractivity contribution in [3.05, 3.63) is 24.8 Å². The number of aromatic nitrogens is 3. The summed E-state index contributed by atoms with van der Waals surface area (Å²) in [5.74, 6) is -0.299. The molecule has 64 valence electrons. The van der Waals surface area contributed by atoms with E-state index >= 15 is 0 Å². The van der Waals surface area contributed by atoms with E-state index in [9.17, 15) is 4.79 Å². The largest absolute Gasteiger partial charge is 0.463 e. The molecule has 0 radical (unpaired) electrons. The van der Waals surface area contributed by atoms with Gasteiger partial charge in [0.25, 0.3) is 0 Å². The summed E-state index contributed by atoms with van der Waals surface area (Å²) in [4.78, 5) is 14.7. The van der Waals surface area contributed by atoms with Crippen LogP contribution in [0, 0.1) is 0 Å². The molecule has 1 aromatic rings. The van der Waals surface area contributed by atoms with Gasteiger partial charge >= 0.3 is 5.97 Å². The molecular formula is C7H9N3O2. The van der Waals surface area contributed by atoms with Gasteiger partial charge in [-0.25, -0.2) is 14.5 Å². The lowest BCUT2D eigenvalue weighted by Gasteiger charge is -1.99. The molecule has 0 atom stereocenters. The van der Waals surface area contributed by atoms with E-state index in [4.69, 9.17) is 0 Å². The molecule has 0 N–H and O–H groups in total. The number of carbonyl (C=O) groups is 1. The number of methoxy groups -OCH3 is 1. The van der Waals surface area contributed by atoms with Crippen molar-refractivity contribution in [2.75, 3.05) is 7.11 Å². The van der Waals surface area contributed by atoms with Crippen LogP contribution in [0.4, 0.5) is 0 Å². The number of hydrogen-bond donors (Lipinski definition) is 0. The van der Waals surface area contributed by atoms with Gasteiger partial charge < -0.3 is 4.74 Å². The molecule has 0 aliphatic heterocycles. The normalized spacial score (nSPS) is 9.42. The highest BCUT2D eigenvalue weighted by molar-refractivity contribution is 5.85. The van der Waals surface area contributed by atoms with E-state index in [1.165, 1.54) is 18.1 Å². The molecule has 5 nitrogen and oxygen atoms in total. The van der Waals surface area contributed by atoms with Crippen LogP contribution in [0.2, 0.25) is 0 Å². The molecule has 0 unspecified atom stereocenters. The number of allylic oxidation sites excluding steroid dienone is 1. The maximum Gasteiger partial charge on any atom is 0.375 e. The van der Waals surface area contributed by atoms with E-state index in [1.54, 1.807) is 6.08 Å². The molecule has 0 aliphatic carbocycles. The summed E-state index contributed by atoms with van der Waals surface area (Å²) in [5, 5.41) is 3.81. The van der Waals surface area contributed by atoms with E-state index in [-0.39, 0.29) is 5.82 Å². The van der Waals surface area contributed by atoms with Crippen molar-refractivity contribution in [2.45, 2.75) is 6.54 Å². The van der Waals surface area contributed by atoms with E-state index < -0.39 is 5.97 Å². The zero-order valence-corrected chi connectivity index (χ0v) is 6.73. The first kappa shape index (κ1) is 8.45. The van der Waals surface area contributed by atoms with Crippen molar-refractivity contribution in [1.82, 2.24) is 14.8 Å². The van der Waals surface area contributed by atoms with Crippen molar-refractivity contribution in [2.24, 2.45) is 0 Å². The number of ether oxygens (including phenoxy) is 1. The number of hydrogen-bond acceptors (Lipinski definition) is 4. The number of nitrogens with zero attached hydrogens (tertiary/aromatic N) is 3. The molecule has 0 amide bonds. The third-order valence-corrected chi connectivity index (χ3v) is 1.29. The molecule has 0 fully saturated rings. The van der Waals surface area contributed by atoms with Gasteiger partial charge in [0.15, 0.2) is 0 Å². The smallest absolute Gasteiger partial charge is 0.375 e. The quantitative estimate of drug-likeness (QED) is 0.478. The van der Waals surface area contributed by atoms with Crippen LogP contribution >= 0.6 is 0 Å². The van der Waals surface area contributed by atoms with Gasteiger partial charge in [-0.3, -0.25) is 0 Å². The zero-order chi connectivity index (χ0) is 8.97. The zero-order valence-electron chi connectivity index (χ0n) is 6.73. The van der Waals surface area contributed by atoms with Crippen LogP contribution in [0.25, 0.3) is 0 Å². The van der Waals surface area contributed by atoms with Crippen LogP contribution in [-0.2, 0) is 11.3 Å². The highest BCUT2D eigenvalue weighted by Gasteiger charge is 2.12. The minimum absolute atomic E-state index is 0.192. The van der Waals surface area contributed by atoms with Crippen molar-refractivity contribution in [1.29, 1.82) is 0 Å². The standard InChI is InChI=1S/C7H9N3O2/c1-3-4-10-6(7(11)12-2)8-5-9-10/h3,5H,1,4H2,2H3. The Morgan fingerprint density at radius 2 is 2.67 bits per heavy atom. The Bertz CT molecular complexity index is 293. The molecule has 0 saturated carbocycles. The molecule has 1 rings (SSSR count). The number of esters is 1. The van der Waals surface area contributed by atoms with Gasteiger partial charge in [0.1, 0.15) is 6.33 Å². The summed E-state index contributed by atoms with van der Waals surface area (Å²) in [7, 11) is 1.30. The first-order valence-electron chi connectivity index (χ1n) is 3.36. The predicted molar refractivity (Wildman–Crippen MR) is 41.6 cm³/mol. The Morgan fingerprint density at radius 3 is 3.25 bits per heavy atom. The number of carbonyl (C=O) groups excluding carboxylic acids is 1. The predicted octanol–water partition coefficient (Wildman–Crippen LogP) is 0.251. The summed E-state index contributed by atoms with van der Waals surface area (Å²) < 4.78 is 5.90. The average Bonchev–Trinajstić information content (AvgIpc) is 2.52. The van der Waals surface area contributed by atoms with Gasteiger partial charge in [-0.2, -0.15) is 5.10 Å². The molecule has 0 aliphatic rings. The third-order valence-electron chi connectivity index (χ3n) is 1.29. The minimum atomic E-state index is -0.491. The van der Waals surface area contributed by atoms with Crippen molar-refractivity contribution >= 4 is 5.97 Å². The third kappa shape index (κ3) is 1.50. The van der Waals surface area contributed by atoms with Crippen LogP contribution in [0.15, 0.2) is 19.0 Å². The van der Waals surface area contributed by atoms with Crippen molar-refractivity contribution in [3.63, 3.8) is 0 Å². The van der Waals surface area contributed by atoms with Gasteiger partial charge in [0.2, 0.25) is 5.82 Å². The fourth-order valence-electron chi connectivity index (χ4n) is 0.769. The number of rotatable bonds is 3. The highest BCUT2D eigenvalue weighted by Crippen LogP contribution is 1.95. The molecule has 1 heterocycles. The van der Waals surface area contributed by atoms with Crippen LogP contribution in [-0.4, -0.2) is 27.8 Å². The fourth-order valence-corrected chi connectivity index (χ4v) is 0.769. The highest BCUT2D eigenvalue weighted by atomic mass is 16.5. The summed E-state index contributed by atoms with van der Waals surface area (Å²) >= 11 is 0. The molecule has 12 heavy (non-hydrogen) atoms. The van der Waals surface area contributed by atoms with Crippen molar-refractivity contribution in [3.8, 4) is 0 Å². The lowest BCUT2D eigenvalue weighted by Crippen LogP contribution is -2.12. The minimum Gasteiger partial charge on any atom is -0.463 e. The van der Waals surface area contributed by atoms with E-state index in [0.29, 0.717) is 6.54 Å². The fraction of sp³-hybridized carbons (Fsp3) is 0.286. The van der Waals surface area contributed by atoms with Crippen LogP contribution in [0.1, 0.15) is 10.6 Å². The molecule has 5 heteroatoms. The maximum atomic E-state index is 11.0. The summed E-state index contributed by atoms with van der Waals surface area (Å²) in [6, 6.07) is 0. The van der Waals surface area contributed by atoms with Gasteiger partial charge in [-0.1, -0.05) is 6.08 Å². The molecule has 0 spiro atoms. The lowest BCUT2D eigenvalue weighted by atomic mass is 10.5.